The number of sulfonamides is 1. The van der Waals surface area contributed by atoms with Gasteiger partial charge in [0.1, 0.15) is 0 Å². The molecule has 0 bridgehead atoms. The third-order valence-electron chi connectivity index (χ3n) is 4.25. The Morgan fingerprint density at radius 2 is 1.70 bits per heavy atom. The van der Waals surface area contributed by atoms with Crippen LogP contribution in [0.5, 0.6) is 0 Å². The maximum absolute atomic E-state index is 12.7. The first-order valence-electron chi connectivity index (χ1n) is 7.49. The van der Waals surface area contributed by atoms with Gasteiger partial charge >= 0.3 is 0 Å². The fourth-order valence-electron chi connectivity index (χ4n) is 2.97. The average molecular weight is 351 g/mol. The van der Waals surface area contributed by atoms with Crippen LogP contribution in [0.1, 0.15) is 17.0 Å². The fourth-order valence-corrected chi connectivity index (χ4v) is 4.87. The second-order valence-corrected chi connectivity index (χ2v) is 8.22. The van der Waals surface area contributed by atoms with E-state index in [4.69, 9.17) is 17.3 Å². The summed E-state index contributed by atoms with van der Waals surface area (Å²) < 4.78 is 26.9. The van der Waals surface area contributed by atoms with Gasteiger partial charge in [-0.15, -0.1) is 0 Å². The zero-order valence-electron chi connectivity index (χ0n) is 12.6. The van der Waals surface area contributed by atoms with Gasteiger partial charge in [-0.05, 0) is 17.2 Å². The van der Waals surface area contributed by atoms with Gasteiger partial charge in [-0.25, -0.2) is 8.42 Å². The quantitative estimate of drug-likeness (QED) is 0.921. The van der Waals surface area contributed by atoms with E-state index in [0.717, 1.165) is 5.56 Å². The van der Waals surface area contributed by atoms with Gasteiger partial charge < -0.3 is 5.73 Å². The molecule has 0 unspecified atom stereocenters. The normalized spacial score (nSPS) is 22.3. The summed E-state index contributed by atoms with van der Waals surface area (Å²) in [6.07, 6.45) is 0. The number of hydrogen-bond acceptors (Lipinski definition) is 3. The Balaban J connectivity index is 1.78. The molecule has 1 saturated heterocycles. The van der Waals surface area contributed by atoms with Gasteiger partial charge in [-0.1, -0.05) is 60.1 Å². The molecule has 0 aromatic heterocycles. The molecule has 122 valence electrons. The highest BCUT2D eigenvalue weighted by atomic mass is 35.5. The third-order valence-corrected chi connectivity index (χ3v) is 6.38. The Bertz CT molecular complexity index is 780. The predicted octanol–water partition coefficient (Wildman–Crippen LogP) is 2.60. The van der Waals surface area contributed by atoms with Crippen molar-refractivity contribution in [2.75, 3.05) is 13.1 Å². The molecule has 23 heavy (non-hydrogen) atoms. The molecule has 2 aromatic carbocycles. The minimum atomic E-state index is -3.44. The van der Waals surface area contributed by atoms with E-state index in [0.29, 0.717) is 23.7 Å². The Morgan fingerprint density at radius 3 is 2.39 bits per heavy atom. The van der Waals surface area contributed by atoms with Crippen molar-refractivity contribution in [1.82, 2.24) is 4.31 Å². The molecule has 0 amide bonds. The summed E-state index contributed by atoms with van der Waals surface area (Å²) in [6, 6.07) is 16.7. The monoisotopic (exact) mass is 350 g/mol. The highest BCUT2D eigenvalue weighted by Gasteiger charge is 2.37. The van der Waals surface area contributed by atoms with Gasteiger partial charge in [0.05, 0.1) is 5.75 Å². The second kappa shape index (κ2) is 6.61. The van der Waals surface area contributed by atoms with Crippen LogP contribution in [0.3, 0.4) is 0 Å². The molecule has 2 atom stereocenters. The first kappa shape index (κ1) is 16.5. The Labute approximate surface area is 141 Å². The molecule has 6 heteroatoms. The van der Waals surface area contributed by atoms with E-state index >= 15 is 0 Å². The van der Waals surface area contributed by atoms with Gasteiger partial charge in [-0.3, -0.25) is 0 Å². The predicted molar refractivity (Wildman–Crippen MR) is 92.8 cm³/mol. The van der Waals surface area contributed by atoms with Crippen LogP contribution >= 0.6 is 11.6 Å². The zero-order chi connectivity index (χ0) is 16.4. The SMILES string of the molecule is N[C@@H]1CN(S(=O)(=O)Cc2ccccc2Cl)C[C@H]1c1ccccc1. The fraction of sp³-hybridized carbons (Fsp3) is 0.294. The molecule has 0 spiro atoms. The molecule has 1 heterocycles. The summed E-state index contributed by atoms with van der Waals surface area (Å²) in [4.78, 5) is 0. The number of halogens is 1. The highest BCUT2D eigenvalue weighted by Crippen LogP contribution is 2.29. The summed E-state index contributed by atoms with van der Waals surface area (Å²) in [6.45, 7) is 0.754. The minimum absolute atomic E-state index is 0.0252. The number of rotatable bonds is 4. The molecule has 2 N–H and O–H groups in total. The van der Waals surface area contributed by atoms with Crippen molar-refractivity contribution in [2.45, 2.75) is 17.7 Å². The van der Waals surface area contributed by atoms with E-state index < -0.39 is 10.0 Å². The zero-order valence-corrected chi connectivity index (χ0v) is 14.2. The molecule has 3 rings (SSSR count). The van der Waals surface area contributed by atoms with Crippen LogP contribution in [0, 0.1) is 0 Å². The van der Waals surface area contributed by atoms with E-state index in [2.05, 4.69) is 0 Å². The largest absolute Gasteiger partial charge is 0.326 e. The van der Waals surface area contributed by atoms with Crippen LogP contribution in [0.4, 0.5) is 0 Å². The van der Waals surface area contributed by atoms with E-state index in [1.165, 1.54) is 4.31 Å². The minimum Gasteiger partial charge on any atom is -0.326 e. The maximum atomic E-state index is 12.7. The smallest absolute Gasteiger partial charge is 0.218 e. The first-order valence-corrected chi connectivity index (χ1v) is 9.48. The molecule has 1 fully saturated rings. The number of hydrogen-bond donors (Lipinski definition) is 1. The van der Waals surface area contributed by atoms with E-state index in [1.807, 2.05) is 30.3 Å². The molecule has 0 saturated carbocycles. The van der Waals surface area contributed by atoms with Crippen molar-refractivity contribution in [3.8, 4) is 0 Å². The maximum Gasteiger partial charge on any atom is 0.218 e. The summed E-state index contributed by atoms with van der Waals surface area (Å²) in [7, 11) is -3.44. The number of nitrogens with two attached hydrogens (primary N) is 1. The number of benzene rings is 2. The average Bonchev–Trinajstić information content (AvgIpc) is 2.93. The van der Waals surface area contributed by atoms with Gasteiger partial charge in [0, 0.05) is 30.1 Å². The Hall–Kier alpha value is -1.40. The molecule has 0 aliphatic carbocycles. The van der Waals surface area contributed by atoms with Crippen LogP contribution in [0.2, 0.25) is 5.02 Å². The first-order chi connectivity index (χ1) is 11.0. The molecule has 0 radical (unpaired) electrons. The van der Waals surface area contributed by atoms with Gasteiger partial charge in [-0.2, -0.15) is 4.31 Å². The van der Waals surface area contributed by atoms with Crippen LogP contribution in [-0.4, -0.2) is 31.9 Å². The van der Waals surface area contributed by atoms with Gasteiger partial charge in [0.25, 0.3) is 0 Å². The Kier molecular flexibility index (Phi) is 4.73. The molecule has 1 aliphatic rings. The Morgan fingerprint density at radius 1 is 1.04 bits per heavy atom. The molecular formula is C17H19ClN2O2S. The second-order valence-electron chi connectivity index (χ2n) is 5.85. The summed E-state index contributed by atoms with van der Waals surface area (Å²) in [5.41, 5.74) is 7.88. The topological polar surface area (TPSA) is 63.4 Å². The lowest BCUT2D eigenvalue weighted by Crippen LogP contribution is -2.33. The molecule has 4 nitrogen and oxygen atoms in total. The van der Waals surface area contributed by atoms with Gasteiger partial charge in [0.15, 0.2) is 0 Å². The van der Waals surface area contributed by atoms with Crippen molar-refractivity contribution in [3.05, 3.63) is 70.7 Å². The lowest BCUT2D eigenvalue weighted by molar-refractivity contribution is 0.469. The highest BCUT2D eigenvalue weighted by molar-refractivity contribution is 7.88. The summed E-state index contributed by atoms with van der Waals surface area (Å²) >= 11 is 6.08. The van der Waals surface area contributed by atoms with Crippen molar-refractivity contribution >= 4 is 21.6 Å². The molecule has 1 aliphatic heterocycles. The van der Waals surface area contributed by atoms with Crippen LogP contribution < -0.4 is 5.73 Å². The van der Waals surface area contributed by atoms with Gasteiger partial charge in [0.2, 0.25) is 10.0 Å². The van der Waals surface area contributed by atoms with E-state index in [-0.39, 0.29) is 17.7 Å². The van der Waals surface area contributed by atoms with Crippen molar-refractivity contribution in [3.63, 3.8) is 0 Å². The molecule has 2 aromatic rings. The van der Waals surface area contributed by atoms with Crippen LogP contribution in [-0.2, 0) is 15.8 Å². The van der Waals surface area contributed by atoms with Crippen molar-refractivity contribution in [1.29, 1.82) is 0 Å². The summed E-state index contributed by atoms with van der Waals surface area (Å²) in [5, 5.41) is 0.471. The number of nitrogens with zero attached hydrogens (tertiary/aromatic N) is 1. The molecular weight excluding hydrogens is 332 g/mol. The van der Waals surface area contributed by atoms with Crippen LogP contribution in [0.25, 0.3) is 0 Å². The van der Waals surface area contributed by atoms with E-state index in [9.17, 15) is 8.42 Å². The lowest BCUT2D eigenvalue weighted by Gasteiger charge is -2.17. The van der Waals surface area contributed by atoms with Crippen molar-refractivity contribution in [2.24, 2.45) is 5.73 Å². The third kappa shape index (κ3) is 3.58. The van der Waals surface area contributed by atoms with Crippen molar-refractivity contribution < 1.29 is 8.42 Å². The summed E-state index contributed by atoms with van der Waals surface area (Å²) in [5.74, 6) is -0.0711. The standard InChI is InChI=1S/C17H19ClN2O2S/c18-16-9-5-4-8-14(16)12-23(21,22)20-10-15(17(19)11-20)13-6-2-1-3-7-13/h1-9,15,17H,10-12,19H2/t15-,17+/m0/s1. The van der Waals surface area contributed by atoms with E-state index in [1.54, 1.807) is 24.3 Å². The van der Waals surface area contributed by atoms with Crippen LogP contribution in [0.15, 0.2) is 54.6 Å². The lowest BCUT2D eigenvalue weighted by atomic mass is 9.95.